The molecule has 0 atom stereocenters. The first-order valence-electron chi connectivity index (χ1n) is 6.23. The third-order valence-corrected chi connectivity index (χ3v) is 4.03. The van der Waals surface area contributed by atoms with Gasteiger partial charge in [0, 0.05) is 32.1 Å². The number of rotatable bonds is 5. The highest BCUT2D eigenvalue weighted by Crippen LogP contribution is 2.27. The van der Waals surface area contributed by atoms with E-state index >= 15 is 0 Å². The molecule has 0 spiro atoms. The van der Waals surface area contributed by atoms with Crippen LogP contribution in [0.1, 0.15) is 17.7 Å². The van der Waals surface area contributed by atoms with E-state index in [0.717, 1.165) is 31.4 Å². The molecule has 2 rings (SSSR count). The molecule has 0 radical (unpaired) electrons. The molecule has 1 fully saturated rings. The highest BCUT2D eigenvalue weighted by molar-refractivity contribution is 7.09. The van der Waals surface area contributed by atoms with Gasteiger partial charge >= 0.3 is 0 Å². The minimum absolute atomic E-state index is 0.887. The van der Waals surface area contributed by atoms with Gasteiger partial charge in [0.05, 0.1) is 0 Å². The zero-order chi connectivity index (χ0) is 12.1. The van der Waals surface area contributed by atoms with Crippen LogP contribution in [0.15, 0.2) is 22.5 Å². The fraction of sp³-hybridized carbons (Fsp3) is 0.615. The molecule has 3 nitrogen and oxygen atoms in total. The lowest BCUT2D eigenvalue weighted by molar-refractivity contribution is 0.484. The van der Waals surface area contributed by atoms with E-state index in [1.807, 2.05) is 18.4 Å². The van der Waals surface area contributed by atoms with E-state index < -0.39 is 0 Å². The second-order valence-electron chi connectivity index (χ2n) is 4.62. The predicted molar refractivity (Wildman–Crippen MR) is 74.7 cm³/mol. The lowest BCUT2D eigenvalue weighted by Gasteiger charge is -2.21. The van der Waals surface area contributed by atoms with Crippen molar-refractivity contribution < 1.29 is 0 Å². The van der Waals surface area contributed by atoms with Crippen LogP contribution in [0.5, 0.6) is 0 Å². The van der Waals surface area contributed by atoms with E-state index in [9.17, 15) is 0 Å². The quantitative estimate of drug-likeness (QED) is 0.642. The van der Waals surface area contributed by atoms with Gasteiger partial charge in [-0.05, 0) is 36.6 Å². The smallest absolute Gasteiger partial charge is 0.193 e. The van der Waals surface area contributed by atoms with Gasteiger partial charge in [0.1, 0.15) is 0 Å². The van der Waals surface area contributed by atoms with Crippen LogP contribution in [0.4, 0.5) is 0 Å². The van der Waals surface area contributed by atoms with Crippen LogP contribution in [0.25, 0.3) is 0 Å². The molecule has 1 aromatic heterocycles. The summed E-state index contributed by atoms with van der Waals surface area (Å²) < 4.78 is 0. The van der Waals surface area contributed by atoms with Gasteiger partial charge in [-0.1, -0.05) is 6.07 Å². The average molecular weight is 251 g/mol. The van der Waals surface area contributed by atoms with Gasteiger partial charge in [-0.2, -0.15) is 0 Å². The fourth-order valence-electron chi connectivity index (χ4n) is 1.78. The Labute approximate surface area is 108 Å². The molecule has 0 aliphatic heterocycles. The van der Waals surface area contributed by atoms with E-state index in [2.05, 4.69) is 39.8 Å². The van der Waals surface area contributed by atoms with Crippen molar-refractivity contribution >= 4 is 17.3 Å². The molecule has 1 aliphatic carbocycles. The van der Waals surface area contributed by atoms with Gasteiger partial charge in [0.15, 0.2) is 5.96 Å². The molecule has 0 bridgehead atoms. The van der Waals surface area contributed by atoms with Gasteiger partial charge in [-0.3, -0.25) is 4.99 Å². The molecule has 0 saturated heterocycles. The number of nitrogens with one attached hydrogen (secondary N) is 1. The lowest BCUT2D eigenvalue weighted by atomic mass is 10.3. The van der Waals surface area contributed by atoms with Crippen molar-refractivity contribution in [2.45, 2.75) is 19.3 Å². The Morgan fingerprint density at radius 1 is 1.59 bits per heavy atom. The maximum absolute atomic E-state index is 4.32. The highest BCUT2D eigenvalue weighted by Gasteiger charge is 2.21. The molecule has 0 unspecified atom stereocenters. The van der Waals surface area contributed by atoms with E-state index in [4.69, 9.17) is 0 Å². The summed E-state index contributed by atoms with van der Waals surface area (Å²) in [6.45, 7) is 2.10. The summed E-state index contributed by atoms with van der Waals surface area (Å²) in [5.74, 6) is 1.91. The normalized spacial score (nSPS) is 16.0. The van der Waals surface area contributed by atoms with Crippen molar-refractivity contribution in [2.24, 2.45) is 10.9 Å². The van der Waals surface area contributed by atoms with E-state index in [-0.39, 0.29) is 0 Å². The predicted octanol–water partition coefficient (Wildman–Crippen LogP) is 2.21. The minimum atomic E-state index is 0.887. The highest BCUT2D eigenvalue weighted by atomic mass is 32.1. The van der Waals surface area contributed by atoms with E-state index in [1.165, 1.54) is 17.7 Å². The number of thiophene rings is 1. The molecule has 1 N–H and O–H groups in total. The number of nitrogens with zero attached hydrogens (tertiary/aromatic N) is 2. The van der Waals surface area contributed by atoms with Crippen molar-refractivity contribution in [1.29, 1.82) is 0 Å². The molecular weight excluding hydrogens is 230 g/mol. The van der Waals surface area contributed by atoms with Crippen LogP contribution in [0.3, 0.4) is 0 Å². The third-order valence-electron chi connectivity index (χ3n) is 3.09. The van der Waals surface area contributed by atoms with Crippen LogP contribution in [-0.4, -0.2) is 38.0 Å². The van der Waals surface area contributed by atoms with Crippen LogP contribution in [0, 0.1) is 5.92 Å². The Hall–Kier alpha value is -1.03. The molecule has 17 heavy (non-hydrogen) atoms. The number of likely N-dealkylation sites (N-methyl/N-ethyl adjacent to an activating group) is 1. The minimum Gasteiger partial charge on any atom is -0.356 e. The number of hydrogen-bond donors (Lipinski definition) is 1. The zero-order valence-corrected chi connectivity index (χ0v) is 11.5. The standard InChI is InChI=1S/C13H21N3S/c1-14-13(15-10-11-5-6-11)16(2)8-7-12-4-3-9-17-12/h3-4,9,11H,5-8,10H2,1-2H3,(H,14,15). The first-order chi connectivity index (χ1) is 8.29. The molecule has 94 valence electrons. The van der Waals surface area contributed by atoms with E-state index in [1.54, 1.807) is 0 Å². The van der Waals surface area contributed by atoms with Gasteiger partial charge in [-0.25, -0.2) is 0 Å². The van der Waals surface area contributed by atoms with E-state index in [0.29, 0.717) is 0 Å². The number of hydrogen-bond acceptors (Lipinski definition) is 2. The molecular formula is C13H21N3S. The van der Waals surface area contributed by atoms with Crippen molar-refractivity contribution in [2.75, 3.05) is 27.2 Å². The van der Waals surface area contributed by atoms with Crippen LogP contribution in [0.2, 0.25) is 0 Å². The number of guanidine groups is 1. The SMILES string of the molecule is CN=C(NCC1CC1)N(C)CCc1cccs1. The topological polar surface area (TPSA) is 27.6 Å². The lowest BCUT2D eigenvalue weighted by Crippen LogP contribution is -2.40. The number of aliphatic imine (C=N–C) groups is 1. The Morgan fingerprint density at radius 3 is 3.00 bits per heavy atom. The third kappa shape index (κ3) is 4.04. The Kier molecular flexibility index (Phi) is 4.42. The summed E-state index contributed by atoms with van der Waals surface area (Å²) in [5.41, 5.74) is 0. The van der Waals surface area contributed by atoms with Gasteiger partial charge < -0.3 is 10.2 Å². The molecule has 0 aromatic carbocycles. The molecule has 1 aromatic rings. The summed E-state index contributed by atoms with van der Waals surface area (Å²) in [6.07, 6.45) is 3.85. The zero-order valence-electron chi connectivity index (χ0n) is 10.6. The maximum Gasteiger partial charge on any atom is 0.193 e. The average Bonchev–Trinajstić information content (AvgIpc) is 3.02. The first kappa shape index (κ1) is 12.4. The van der Waals surface area contributed by atoms with Crippen molar-refractivity contribution in [3.8, 4) is 0 Å². The molecule has 1 heterocycles. The summed E-state index contributed by atoms with van der Waals surface area (Å²) in [7, 11) is 3.96. The monoisotopic (exact) mass is 251 g/mol. The van der Waals surface area contributed by atoms with Crippen molar-refractivity contribution in [3.63, 3.8) is 0 Å². The largest absolute Gasteiger partial charge is 0.356 e. The van der Waals surface area contributed by atoms with Gasteiger partial charge in [0.25, 0.3) is 0 Å². The Morgan fingerprint density at radius 2 is 2.41 bits per heavy atom. The Balaban J connectivity index is 1.73. The van der Waals surface area contributed by atoms with Crippen molar-refractivity contribution in [3.05, 3.63) is 22.4 Å². The summed E-state index contributed by atoms with van der Waals surface area (Å²) >= 11 is 1.83. The summed E-state index contributed by atoms with van der Waals surface area (Å²) in [6, 6.07) is 4.30. The van der Waals surface area contributed by atoms with Gasteiger partial charge in [-0.15, -0.1) is 11.3 Å². The second-order valence-corrected chi connectivity index (χ2v) is 5.65. The maximum atomic E-state index is 4.32. The molecule has 1 aliphatic rings. The van der Waals surface area contributed by atoms with Gasteiger partial charge in [0.2, 0.25) is 0 Å². The van der Waals surface area contributed by atoms with Crippen LogP contribution in [-0.2, 0) is 6.42 Å². The first-order valence-corrected chi connectivity index (χ1v) is 7.11. The van der Waals surface area contributed by atoms with Crippen molar-refractivity contribution in [1.82, 2.24) is 10.2 Å². The summed E-state index contributed by atoms with van der Waals surface area (Å²) in [5, 5.41) is 5.57. The van der Waals surface area contributed by atoms with Crippen LogP contribution >= 0.6 is 11.3 Å². The Bertz CT molecular complexity index is 355. The summed E-state index contributed by atoms with van der Waals surface area (Å²) in [4.78, 5) is 7.97. The van der Waals surface area contributed by atoms with Crippen LogP contribution < -0.4 is 5.32 Å². The molecule has 4 heteroatoms. The second kappa shape index (κ2) is 6.05. The molecule has 1 saturated carbocycles. The molecule has 0 amide bonds. The fourth-order valence-corrected chi connectivity index (χ4v) is 2.48.